The summed E-state index contributed by atoms with van der Waals surface area (Å²) in [5.74, 6) is 1.87. The number of benzene rings is 7. The Bertz CT molecular complexity index is 3890. The van der Waals surface area contributed by atoms with E-state index in [1.165, 1.54) is 12.1 Å². The highest BCUT2D eigenvalue weighted by molar-refractivity contribution is 6.88. The van der Waals surface area contributed by atoms with Crippen LogP contribution in [0.3, 0.4) is 0 Å². The number of ether oxygens (including phenoxy) is 7. The lowest BCUT2D eigenvalue weighted by molar-refractivity contribution is 0.185. The van der Waals surface area contributed by atoms with Gasteiger partial charge in [-0.15, -0.1) is 0 Å². The Morgan fingerprint density at radius 1 is 0.347 bits per heavy atom. The molecule has 31 N–H and O–H groups in total. The molecule has 0 saturated carbocycles. The second-order valence-corrected chi connectivity index (χ2v) is 27.5. The van der Waals surface area contributed by atoms with Crippen LogP contribution in [0.25, 0.3) is 0 Å². The van der Waals surface area contributed by atoms with Crippen molar-refractivity contribution in [1.29, 1.82) is 0 Å². The normalized spacial score (nSPS) is 14.5. The third-order valence-corrected chi connectivity index (χ3v) is 19.1. The summed E-state index contributed by atoms with van der Waals surface area (Å²) in [5.41, 5.74) is 44.9. The minimum absolute atomic E-state index is 0. The van der Waals surface area contributed by atoms with E-state index in [1.807, 2.05) is 19.1 Å². The van der Waals surface area contributed by atoms with E-state index in [4.69, 9.17) is 106 Å². The number of hydrogen-bond donors (Lipinski definition) is 22. The Morgan fingerprint density at radius 2 is 0.595 bits per heavy atom. The zero-order valence-corrected chi connectivity index (χ0v) is 68.1. The van der Waals surface area contributed by atoms with Crippen molar-refractivity contribution in [3.8, 4) is 40.2 Å². The van der Waals surface area contributed by atoms with Crippen LogP contribution in [0.2, 0.25) is 0 Å². The zero-order chi connectivity index (χ0) is 87.0. The van der Waals surface area contributed by atoms with Crippen LogP contribution >= 0.6 is 0 Å². The number of hydrogen-bond acceptors (Lipinski definition) is 35. The summed E-state index contributed by atoms with van der Waals surface area (Å²) in [5, 5.41) is 155. The topological polar surface area (TPSA) is 637 Å². The van der Waals surface area contributed by atoms with Crippen LogP contribution in [-0.2, 0) is 27.5 Å². The van der Waals surface area contributed by atoms with Crippen molar-refractivity contribution in [3.63, 3.8) is 0 Å². The highest BCUT2D eigenvalue weighted by Gasteiger charge is 2.50. The van der Waals surface area contributed by atoms with Crippen LogP contribution in [0.1, 0.15) is 140 Å². The molecule has 0 aromatic heterocycles. The summed E-state index contributed by atoms with van der Waals surface area (Å²) in [4.78, 5) is 0. The molecule has 121 heavy (non-hydrogen) atoms. The Hall–Kier alpha value is -7.57. The fraction of sp³-hybridized carbons (Fsp3) is 0.462. The van der Waals surface area contributed by atoms with Gasteiger partial charge in [0.25, 0.3) is 0 Å². The van der Waals surface area contributed by atoms with Gasteiger partial charge in [-0.3, -0.25) is 0 Å². The molecule has 0 spiro atoms. The summed E-state index contributed by atoms with van der Waals surface area (Å²) in [7, 11) is -10.6. The molecule has 660 valence electrons. The summed E-state index contributed by atoms with van der Waals surface area (Å²) in [6, 6.07) is 34.7. The third-order valence-electron chi connectivity index (χ3n) is 19.1. The Balaban J connectivity index is 0.000000311. The highest BCUT2D eigenvalue weighted by Crippen LogP contribution is 2.32. The second kappa shape index (κ2) is 54.9. The maximum absolute atomic E-state index is 11.9. The molecule has 0 amide bonds. The van der Waals surface area contributed by atoms with E-state index in [0.717, 1.165) is 12.0 Å². The van der Waals surface area contributed by atoms with Gasteiger partial charge in [0.1, 0.15) is 40.2 Å². The first-order valence-electron chi connectivity index (χ1n) is 40.2. The molecule has 43 heteroatoms. The van der Waals surface area contributed by atoms with Gasteiger partial charge < -0.3 is 183 Å². The van der Waals surface area contributed by atoms with Crippen LogP contribution in [0.15, 0.2) is 127 Å². The van der Waals surface area contributed by atoms with Crippen LogP contribution in [0.4, 0.5) is 0 Å². The lowest BCUT2D eigenvalue weighted by atomic mass is 9.58. The molecule has 0 aliphatic carbocycles. The van der Waals surface area contributed by atoms with Gasteiger partial charge in [-0.05, 0) is 87.8 Å². The molecule has 2 heterocycles. The molecule has 2 aliphatic heterocycles. The molecule has 7 unspecified atom stereocenters. The van der Waals surface area contributed by atoms with E-state index in [1.54, 1.807) is 103 Å². The molecule has 7 aromatic rings. The van der Waals surface area contributed by atoms with Crippen molar-refractivity contribution in [2.24, 2.45) is 40.1 Å². The minimum Gasteiger partial charge on any atom is -0.494 e. The molecule has 36 nitrogen and oxygen atoms in total. The Labute approximate surface area is 706 Å². The molecular formula is C78H118B7N7O29. The lowest BCUT2D eigenvalue weighted by Gasteiger charge is -2.36. The SMILES string of the molecule is CCCCOc1cccc(C(O)CN)c1B(O)OB(OB(O)c1c(OCCCO)cccc1C(O)CN)c1c(OCCCO)cccc1C(O)CN.NCC(O)c1cccc(OCCCO)c1B1OB(c2c(OCCCO)cccc2C(O)CN)OB(c2c(OCCCO)cccc2C(O)CN)O1.NCC1OB(O)c2c(OCCCO)cccc21.O. The maximum atomic E-state index is 11.9. The van der Waals surface area contributed by atoms with Crippen molar-refractivity contribution >= 4 is 88.1 Å². The fourth-order valence-corrected chi connectivity index (χ4v) is 13.1. The monoisotopic (exact) mass is 1690 g/mol. The number of aliphatic hydroxyl groups is 12. The summed E-state index contributed by atoms with van der Waals surface area (Å²) in [6.07, 6.45) is -3.96. The van der Waals surface area contributed by atoms with Crippen molar-refractivity contribution in [1.82, 2.24) is 0 Å². The largest absolute Gasteiger partial charge is 0.495 e. The van der Waals surface area contributed by atoms with E-state index < -0.39 is 86.5 Å². The van der Waals surface area contributed by atoms with E-state index in [2.05, 4.69) is 0 Å². The Kier molecular flexibility index (Phi) is 46.4. The third kappa shape index (κ3) is 28.5. The van der Waals surface area contributed by atoms with E-state index in [-0.39, 0.29) is 220 Å². The van der Waals surface area contributed by atoms with Gasteiger partial charge in [0.2, 0.25) is 0 Å². The molecule has 7 atom stereocenters. The molecule has 1 saturated heterocycles. The van der Waals surface area contributed by atoms with Gasteiger partial charge in [-0.2, -0.15) is 0 Å². The zero-order valence-electron chi connectivity index (χ0n) is 68.1. The Morgan fingerprint density at radius 3 is 0.884 bits per heavy atom. The molecule has 0 bridgehead atoms. The van der Waals surface area contributed by atoms with Crippen molar-refractivity contribution in [2.75, 3.05) is 132 Å². The van der Waals surface area contributed by atoms with Crippen LogP contribution in [-0.4, -0.2) is 263 Å². The van der Waals surface area contributed by atoms with Crippen molar-refractivity contribution in [3.05, 3.63) is 166 Å². The predicted octanol–water partition coefficient (Wildman–Crippen LogP) is -6.30. The van der Waals surface area contributed by atoms with Gasteiger partial charge >= 0.3 is 49.8 Å². The van der Waals surface area contributed by atoms with Gasteiger partial charge in [0.15, 0.2) is 0 Å². The maximum Gasteiger partial charge on any atom is 0.495 e. The first kappa shape index (κ1) is 102. The molecule has 1 fully saturated rings. The predicted molar refractivity (Wildman–Crippen MR) is 459 cm³/mol. The summed E-state index contributed by atoms with van der Waals surface area (Å²) < 4.78 is 79.0. The number of unbranched alkanes of at least 4 members (excludes halogenated alkanes) is 1. The fourth-order valence-electron chi connectivity index (χ4n) is 13.1. The van der Waals surface area contributed by atoms with Gasteiger partial charge in [0.05, 0.1) is 89.0 Å². The quantitative estimate of drug-likeness (QED) is 0.0125. The van der Waals surface area contributed by atoms with Crippen molar-refractivity contribution < 1.29 is 142 Å². The van der Waals surface area contributed by atoms with E-state index >= 15 is 0 Å². The first-order chi connectivity index (χ1) is 58.3. The van der Waals surface area contributed by atoms with Gasteiger partial charge in [-0.1, -0.05) is 98.3 Å². The lowest BCUT2D eigenvalue weighted by Crippen LogP contribution is -2.63. The second-order valence-electron chi connectivity index (χ2n) is 27.5. The standard InChI is InChI=1S/C34H52B3N3O12.C33H48B3N3O12.C11H16BNO4.H2O/c1-2-3-17-48-29-12-4-9-23(26(43)20-38)32(29)35(46)51-37(34-25(28(45)22-40)11-6-14-31(34)50-19-8-16-42)52-36(47)33-24(27(44)21-39)10-5-13-30(33)49-18-7-15-41;37-19-25(43)22-7-1-10-28(46-16-4-13-40)31(22)34-49-35(32-23(26(44)20-38)8-2-11-29(32)47-17-5-14-41)51-36(50-34)33-24(27(45)21-39)9-3-12-30(33)48-18-6-15-42;13-7-10-8-3-1-4-9(16-6-2-5-14)11(8)12(15)17-10;/h4-6,9-14,26-28,41-47H,2-3,7-8,15-22,38-40H2,1H3;1-3,7-12,25-27,40-45H,4-6,13-21,37-39H2;1,3-4,10,14-15H,2,5-7,13H2;1H2. The summed E-state index contributed by atoms with van der Waals surface area (Å²) in [6.45, 7) is 1.83. The van der Waals surface area contributed by atoms with E-state index in [9.17, 15) is 71.2 Å². The smallest absolute Gasteiger partial charge is 0.494 e. The molecule has 2 aliphatic rings. The number of fused-ring (bicyclic) bond motifs is 1. The van der Waals surface area contributed by atoms with E-state index in [0.29, 0.717) is 79.8 Å². The molecule has 0 radical (unpaired) electrons. The number of nitrogens with two attached hydrogens (primary N) is 7. The molecule has 7 aromatic carbocycles. The first-order valence-corrected chi connectivity index (χ1v) is 40.2. The van der Waals surface area contributed by atoms with Crippen molar-refractivity contribution in [2.45, 2.75) is 101 Å². The average molecular weight is 1690 g/mol. The number of aliphatic hydroxyl groups excluding tert-OH is 12. The van der Waals surface area contributed by atoms with Crippen LogP contribution < -0.4 is 112 Å². The van der Waals surface area contributed by atoms with Crippen LogP contribution in [0.5, 0.6) is 40.2 Å². The highest BCUT2D eigenvalue weighted by atomic mass is 16.7. The number of rotatable bonds is 51. The molecule has 9 rings (SSSR count). The summed E-state index contributed by atoms with van der Waals surface area (Å²) >= 11 is 0. The van der Waals surface area contributed by atoms with Gasteiger partial charge in [0, 0.05) is 162 Å². The minimum atomic E-state index is -1.93. The van der Waals surface area contributed by atoms with Gasteiger partial charge in [-0.25, -0.2) is 0 Å². The molecular weight excluding hydrogens is 1570 g/mol. The average Bonchev–Trinajstić information content (AvgIpc) is 1.01. The van der Waals surface area contributed by atoms with Crippen LogP contribution in [0, 0.1) is 0 Å².